The third-order valence-electron chi connectivity index (χ3n) is 4.97. The predicted octanol–water partition coefficient (Wildman–Crippen LogP) is 5.38. The Kier molecular flexibility index (Phi) is 6.84. The minimum Gasteiger partial charge on any atom is -0.493 e. The van der Waals surface area contributed by atoms with E-state index in [1.54, 1.807) is 25.3 Å². The fraction of sp³-hybridized carbons (Fsp3) is 0.208. The van der Waals surface area contributed by atoms with Crippen molar-refractivity contribution in [2.45, 2.75) is 19.6 Å². The first-order valence-electron chi connectivity index (χ1n) is 10.0. The maximum absolute atomic E-state index is 13.8. The highest BCUT2D eigenvalue weighted by Gasteiger charge is 2.12. The summed E-state index contributed by atoms with van der Waals surface area (Å²) < 4.78 is 26.0. The number of fused-ring (bicyclic) bond motifs is 1. The summed E-state index contributed by atoms with van der Waals surface area (Å²) in [6.07, 6.45) is 0.799. The second kappa shape index (κ2) is 9.94. The van der Waals surface area contributed by atoms with Crippen LogP contribution in [0.15, 0.2) is 65.1 Å². The lowest BCUT2D eigenvalue weighted by Crippen LogP contribution is -2.17. The van der Waals surface area contributed by atoms with E-state index in [1.807, 2.05) is 36.4 Å². The summed E-state index contributed by atoms with van der Waals surface area (Å²) in [7, 11) is 1.60. The number of nitrogens with one attached hydrogen (secondary N) is 2. The summed E-state index contributed by atoms with van der Waals surface area (Å²) in [6.45, 7) is 1.56. The Morgan fingerprint density at radius 2 is 1.84 bits per heavy atom. The second-order valence-corrected chi connectivity index (χ2v) is 7.96. The minimum atomic E-state index is -0.286. The van der Waals surface area contributed by atoms with E-state index in [0.717, 1.165) is 39.9 Å². The molecule has 0 aliphatic rings. The second-order valence-electron chi connectivity index (χ2n) is 7.10. The molecule has 5 nitrogen and oxygen atoms in total. The fourth-order valence-electron chi connectivity index (χ4n) is 3.31. The Labute approximate surface area is 188 Å². The summed E-state index contributed by atoms with van der Waals surface area (Å²) in [4.78, 5) is 7.94. The third-order valence-corrected chi connectivity index (χ3v) is 5.70. The van der Waals surface area contributed by atoms with Crippen molar-refractivity contribution in [3.05, 3.63) is 87.9 Å². The molecule has 160 valence electrons. The Hall–Kier alpha value is -2.90. The topological polar surface area (TPSA) is 59.2 Å². The fourth-order valence-corrected chi connectivity index (χ4v) is 3.77. The van der Waals surface area contributed by atoms with Gasteiger partial charge in [-0.2, -0.15) is 0 Å². The molecule has 0 radical (unpaired) electrons. The largest absolute Gasteiger partial charge is 0.493 e. The summed E-state index contributed by atoms with van der Waals surface area (Å²) in [6, 6.07) is 18.4. The molecule has 0 unspecified atom stereocenters. The van der Waals surface area contributed by atoms with E-state index < -0.39 is 0 Å². The van der Waals surface area contributed by atoms with Crippen LogP contribution in [0, 0.1) is 5.82 Å². The molecular weight excluding hydrogens is 461 g/mol. The zero-order valence-corrected chi connectivity index (χ0v) is 18.7. The van der Waals surface area contributed by atoms with Gasteiger partial charge < -0.3 is 19.8 Å². The third kappa shape index (κ3) is 5.24. The molecule has 1 heterocycles. The van der Waals surface area contributed by atoms with Gasteiger partial charge in [0.2, 0.25) is 0 Å². The van der Waals surface area contributed by atoms with E-state index in [1.165, 1.54) is 6.07 Å². The molecule has 4 aromatic rings. The van der Waals surface area contributed by atoms with Gasteiger partial charge in [-0.3, -0.25) is 0 Å². The van der Waals surface area contributed by atoms with Crippen LogP contribution in [0.2, 0.25) is 0 Å². The molecule has 0 aliphatic heterocycles. The standard InChI is InChI=1S/C24H23BrFN3O2/c1-30-22-12-17(14-27-11-10-24-28-20-8-4-5-9-21(20)29-24)18(25)13-23(22)31-15-16-6-2-3-7-19(16)26/h2-9,12-13,27H,10-11,14-15H2,1H3,(H,28,29). The monoisotopic (exact) mass is 483 g/mol. The number of imidazole rings is 1. The molecule has 0 saturated heterocycles. The van der Waals surface area contributed by atoms with Gasteiger partial charge in [0.25, 0.3) is 0 Å². The van der Waals surface area contributed by atoms with Gasteiger partial charge in [0.15, 0.2) is 11.5 Å². The van der Waals surface area contributed by atoms with Crippen molar-refractivity contribution in [1.82, 2.24) is 15.3 Å². The zero-order valence-electron chi connectivity index (χ0n) is 17.1. The smallest absolute Gasteiger partial charge is 0.162 e. The Morgan fingerprint density at radius 1 is 1.03 bits per heavy atom. The molecule has 7 heteroatoms. The Balaban J connectivity index is 1.35. The van der Waals surface area contributed by atoms with E-state index in [4.69, 9.17) is 9.47 Å². The van der Waals surface area contributed by atoms with Gasteiger partial charge in [0.05, 0.1) is 18.1 Å². The highest BCUT2D eigenvalue weighted by atomic mass is 79.9. The predicted molar refractivity (Wildman–Crippen MR) is 123 cm³/mol. The number of rotatable bonds is 9. The van der Waals surface area contributed by atoms with E-state index in [0.29, 0.717) is 23.6 Å². The van der Waals surface area contributed by atoms with Crippen LogP contribution < -0.4 is 14.8 Å². The van der Waals surface area contributed by atoms with Crippen LogP contribution in [0.1, 0.15) is 17.0 Å². The van der Waals surface area contributed by atoms with Gasteiger partial charge >= 0.3 is 0 Å². The van der Waals surface area contributed by atoms with Gasteiger partial charge in [-0.25, -0.2) is 9.37 Å². The maximum atomic E-state index is 13.8. The molecule has 0 spiro atoms. The number of aromatic amines is 1. The van der Waals surface area contributed by atoms with Crippen molar-refractivity contribution in [3.8, 4) is 11.5 Å². The van der Waals surface area contributed by atoms with Crippen LogP contribution in [-0.4, -0.2) is 23.6 Å². The highest BCUT2D eigenvalue weighted by Crippen LogP contribution is 2.34. The Bertz CT molecular complexity index is 1150. The average molecular weight is 484 g/mol. The number of H-pyrrole nitrogens is 1. The lowest BCUT2D eigenvalue weighted by atomic mass is 10.2. The van der Waals surface area contributed by atoms with E-state index >= 15 is 0 Å². The molecule has 4 rings (SSSR count). The van der Waals surface area contributed by atoms with Gasteiger partial charge in [-0.05, 0) is 35.9 Å². The van der Waals surface area contributed by atoms with Crippen molar-refractivity contribution in [3.63, 3.8) is 0 Å². The SMILES string of the molecule is COc1cc(CNCCc2nc3ccccc3[nH]2)c(Br)cc1OCc1ccccc1F. The van der Waals surface area contributed by atoms with Crippen LogP contribution in [0.25, 0.3) is 11.0 Å². The van der Waals surface area contributed by atoms with Crippen molar-refractivity contribution in [2.75, 3.05) is 13.7 Å². The number of methoxy groups -OCH3 is 1. The number of benzene rings is 3. The van der Waals surface area contributed by atoms with Crippen molar-refractivity contribution < 1.29 is 13.9 Å². The van der Waals surface area contributed by atoms with Gasteiger partial charge in [-0.15, -0.1) is 0 Å². The summed E-state index contributed by atoms with van der Waals surface area (Å²) in [5, 5.41) is 3.44. The van der Waals surface area contributed by atoms with Crippen LogP contribution in [0.4, 0.5) is 4.39 Å². The molecule has 0 fully saturated rings. The van der Waals surface area contributed by atoms with Crippen LogP contribution in [-0.2, 0) is 19.6 Å². The van der Waals surface area contributed by atoms with Gasteiger partial charge in [-0.1, -0.05) is 46.3 Å². The van der Waals surface area contributed by atoms with Crippen molar-refractivity contribution >= 4 is 27.0 Å². The van der Waals surface area contributed by atoms with Crippen molar-refractivity contribution in [2.24, 2.45) is 0 Å². The minimum absolute atomic E-state index is 0.130. The number of para-hydroxylation sites is 2. The first-order valence-corrected chi connectivity index (χ1v) is 10.8. The quantitative estimate of drug-likeness (QED) is 0.313. The number of halogens is 2. The molecule has 31 heavy (non-hydrogen) atoms. The highest BCUT2D eigenvalue weighted by molar-refractivity contribution is 9.10. The summed E-state index contributed by atoms with van der Waals surface area (Å²) in [5.74, 6) is 1.84. The zero-order chi connectivity index (χ0) is 21.6. The molecule has 2 N–H and O–H groups in total. The summed E-state index contributed by atoms with van der Waals surface area (Å²) in [5.41, 5.74) is 3.57. The first-order chi connectivity index (χ1) is 15.1. The average Bonchev–Trinajstić information content (AvgIpc) is 3.20. The number of nitrogens with zero attached hydrogens (tertiary/aromatic N) is 1. The van der Waals surface area contributed by atoms with Gasteiger partial charge in [0.1, 0.15) is 18.2 Å². The molecule has 3 aromatic carbocycles. The Morgan fingerprint density at radius 3 is 2.65 bits per heavy atom. The molecule has 0 atom stereocenters. The van der Waals surface area contributed by atoms with Crippen molar-refractivity contribution in [1.29, 1.82) is 0 Å². The maximum Gasteiger partial charge on any atom is 0.162 e. The summed E-state index contributed by atoms with van der Waals surface area (Å²) >= 11 is 3.60. The first kappa shape index (κ1) is 21.3. The van der Waals surface area contributed by atoms with E-state index in [-0.39, 0.29) is 12.4 Å². The molecular formula is C24H23BrFN3O2. The molecule has 0 bridgehead atoms. The van der Waals surface area contributed by atoms with Crippen LogP contribution in [0.3, 0.4) is 0 Å². The molecule has 1 aromatic heterocycles. The lowest BCUT2D eigenvalue weighted by Gasteiger charge is -2.15. The van der Waals surface area contributed by atoms with E-state index in [9.17, 15) is 4.39 Å². The molecule has 0 amide bonds. The molecule has 0 saturated carbocycles. The van der Waals surface area contributed by atoms with Crippen LogP contribution >= 0.6 is 15.9 Å². The number of ether oxygens (including phenoxy) is 2. The number of hydrogen-bond acceptors (Lipinski definition) is 4. The van der Waals surface area contributed by atoms with Crippen LogP contribution in [0.5, 0.6) is 11.5 Å². The number of aromatic nitrogens is 2. The van der Waals surface area contributed by atoms with E-state index in [2.05, 4.69) is 31.2 Å². The van der Waals surface area contributed by atoms with Gasteiger partial charge in [0, 0.05) is 29.5 Å². The molecule has 0 aliphatic carbocycles. The number of hydrogen-bond donors (Lipinski definition) is 2. The lowest BCUT2D eigenvalue weighted by molar-refractivity contribution is 0.279. The normalized spacial score (nSPS) is 11.1.